The summed E-state index contributed by atoms with van der Waals surface area (Å²) < 4.78 is 16.8. The topological polar surface area (TPSA) is 161 Å². The first-order valence-corrected chi connectivity index (χ1v) is 14.4. The number of nitrogen functional groups attached to an aromatic ring is 1. The zero-order valence-electron chi connectivity index (χ0n) is 22.3. The fraction of sp³-hybridized carbons (Fsp3) is 0.704. The Kier molecular flexibility index (Phi) is 11.7. The molecule has 0 spiro atoms. The molecule has 1 heterocycles. The van der Waals surface area contributed by atoms with Crippen molar-refractivity contribution >= 4 is 29.3 Å². The quantitative estimate of drug-likeness (QED) is 0.146. The van der Waals surface area contributed by atoms with Crippen LogP contribution in [-0.4, -0.2) is 88.7 Å². The SMILES string of the molecule is CCC[C@H]1CC[C@H](C(=O)N[C@@H]([C@H]2O[C@H](SCCOC(=O)c3ccccc3N)[C@H](O)[C@@H](O)[C@H]2O)[C@@H](C)OC)C1. The molecule has 1 amide bonds. The number of anilines is 1. The fourth-order valence-electron chi connectivity index (χ4n) is 5.25. The summed E-state index contributed by atoms with van der Waals surface area (Å²) in [5.41, 5.74) is 5.46. The number of aliphatic hydroxyl groups excluding tert-OH is 3. The molecule has 1 saturated carbocycles. The maximum Gasteiger partial charge on any atom is 0.340 e. The second-order valence-electron chi connectivity index (χ2n) is 10.2. The average Bonchev–Trinajstić information content (AvgIpc) is 3.38. The van der Waals surface area contributed by atoms with E-state index in [2.05, 4.69) is 12.2 Å². The van der Waals surface area contributed by atoms with Gasteiger partial charge in [0.25, 0.3) is 0 Å². The number of carbonyl (C=O) groups excluding carboxylic acids is 2. The van der Waals surface area contributed by atoms with Crippen molar-refractivity contribution in [3.63, 3.8) is 0 Å². The molecule has 1 aliphatic heterocycles. The molecule has 214 valence electrons. The summed E-state index contributed by atoms with van der Waals surface area (Å²) in [6.07, 6.45) is -1.04. The summed E-state index contributed by atoms with van der Waals surface area (Å²) in [6, 6.07) is 5.83. The van der Waals surface area contributed by atoms with E-state index in [9.17, 15) is 24.9 Å². The predicted octanol–water partition coefficient (Wildman–Crippen LogP) is 1.70. The maximum absolute atomic E-state index is 13.1. The molecule has 9 atom stereocenters. The van der Waals surface area contributed by atoms with Crippen LogP contribution < -0.4 is 11.1 Å². The Bertz CT molecular complexity index is 921. The monoisotopic (exact) mass is 554 g/mol. The molecule has 2 fully saturated rings. The highest BCUT2D eigenvalue weighted by atomic mass is 32.2. The van der Waals surface area contributed by atoms with Gasteiger partial charge in [-0.1, -0.05) is 31.9 Å². The van der Waals surface area contributed by atoms with Gasteiger partial charge >= 0.3 is 5.97 Å². The number of nitrogens with two attached hydrogens (primary N) is 1. The van der Waals surface area contributed by atoms with E-state index in [1.165, 1.54) is 7.11 Å². The third-order valence-electron chi connectivity index (χ3n) is 7.54. The summed E-state index contributed by atoms with van der Waals surface area (Å²) in [4.78, 5) is 25.4. The Labute approximate surface area is 228 Å². The number of aliphatic hydroxyl groups is 3. The molecule has 3 rings (SSSR count). The summed E-state index contributed by atoms with van der Waals surface area (Å²) in [5, 5.41) is 35.0. The molecule has 1 saturated heterocycles. The molecule has 1 aliphatic carbocycles. The highest BCUT2D eigenvalue weighted by Crippen LogP contribution is 2.35. The molecule has 2 aliphatic rings. The van der Waals surface area contributed by atoms with Crippen LogP contribution in [0.25, 0.3) is 0 Å². The molecule has 11 heteroatoms. The van der Waals surface area contributed by atoms with Crippen LogP contribution in [0.15, 0.2) is 24.3 Å². The average molecular weight is 555 g/mol. The number of amides is 1. The third kappa shape index (κ3) is 7.61. The number of benzene rings is 1. The van der Waals surface area contributed by atoms with Gasteiger partial charge in [-0.3, -0.25) is 4.79 Å². The zero-order valence-corrected chi connectivity index (χ0v) is 23.1. The number of thioether (sulfide) groups is 1. The van der Waals surface area contributed by atoms with Gasteiger partial charge in [0.1, 0.15) is 36.5 Å². The van der Waals surface area contributed by atoms with Crippen LogP contribution in [-0.2, 0) is 19.0 Å². The van der Waals surface area contributed by atoms with Crippen molar-refractivity contribution in [3.05, 3.63) is 29.8 Å². The Morgan fingerprint density at radius 3 is 2.61 bits per heavy atom. The molecular weight excluding hydrogens is 512 g/mol. The smallest absolute Gasteiger partial charge is 0.340 e. The normalized spacial score (nSPS) is 30.9. The van der Waals surface area contributed by atoms with Gasteiger partial charge in [-0.25, -0.2) is 4.79 Å². The molecule has 6 N–H and O–H groups in total. The van der Waals surface area contributed by atoms with Gasteiger partial charge in [0.2, 0.25) is 5.91 Å². The van der Waals surface area contributed by atoms with Crippen molar-refractivity contribution in [1.82, 2.24) is 5.32 Å². The van der Waals surface area contributed by atoms with Crippen LogP contribution in [0, 0.1) is 11.8 Å². The van der Waals surface area contributed by atoms with Crippen LogP contribution in [0.2, 0.25) is 0 Å². The lowest BCUT2D eigenvalue weighted by Gasteiger charge is -2.44. The molecule has 0 unspecified atom stereocenters. The lowest BCUT2D eigenvalue weighted by Crippen LogP contribution is -2.65. The van der Waals surface area contributed by atoms with Crippen LogP contribution in [0.3, 0.4) is 0 Å². The van der Waals surface area contributed by atoms with E-state index in [-0.39, 0.29) is 29.7 Å². The highest BCUT2D eigenvalue weighted by Gasteiger charge is 2.49. The van der Waals surface area contributed by atoms with Gasteiger partial charge in [-0.05, 0) is 44.2 Å². The predicted molar refractivity (Wildman–Crippen MR) is 144 cm³/mol. The van der Waals surface area contributed by atoms with Crippen molar-refractivity contribution in [1.29, 1.82) is 0 Å². The second kappa shape index (κ2) is 14.5. The molecule has 1 aromatic carbocycles. The summed E-state index contributed by atoms with van der Waals surface area (Å²) in [7, 11) is 1.50. The van der Waals surface area contributed by atoms with Gasteiger partial charge in [0.15, 0.2) is 0 Å². The van der Waals surface area contributed by atoms with Gasteiger partial charge in [-0.2, -0.15) is 0 Å². The van der Waals surface area contributed by atoms with Gasteiger partial charge < -0.3 is 40.6 Å². The van der Waals surface area contributed by atoms with Gasteiger partial charge in [0, 0.05) is 24.5 Å². The van der Waals surface area contributed by atoms with Gasteiger partial charge in [-0.15, -0.1) is 11.8 Å². The molecule has 38 heavy (non-hydrogen) atoms. The van der Waals surface area contributed by atoms with Crippen molar-refractivity contribution in [2.75, 3.05) is 25.2 Å². The zero-order chi connectivity index (χ0) is 27.8. The van der Waals surface area contributed by atoms with E-state index in [4.69, 9.17) is 19.9 Å². The number of methoxy groups -OCH3 is 1. The Hall–Kier alpha value is -1.89. The maximum atomic E-state index is 13.1. The number of carbonyl (C=O) groups is 2. The number of nitrogens with one attached hydrogen (secondary N) is 1. The van der Waals surface area contributed by atoms with E-state index in [1.807, 2.05) is 0 Å². The van der Waals surface area contributed by atoms with E-state index in [1.54, 1.807) is 31.2 Å². The standard InChI is InChI=1S/C27H42N2O8S/c1-4-7-16-10-11-17(14-16)25(33)29-20(15(2)35-3)24-22(31)21(30)23(32)27(37-24)38-13-12-36-26(34)18-8-5-6-9-19(18)28/h5-6,8-9,15-17,20-24,27,30-32H,4,7,10-14,28H2,1-3H3,(H,29,33)/t15-,16+,17+,20-,21+,22-,23-,24-,27-/m1/s1. The van der Waals surface area contributed by atoms with Crippen molar-refractivity contribution in [2.24, 2.45) is 11.8 Å². The van der Waals surface area contributed by atoms with E-state index < -0.39 is 48.0 Å². The molecule has 0 aromatic heterocycles. The van der Waals surface area contributed by atoms with E-state index in [0.717, 1.165) is 43.9 Å². The minimum atomic E-state index is -1.50. The fourth-order valence-corrected chi connectivity index (χ4v) is 6.22. The first-order chi connectivity index (χ1) is 18.2. The lowest BCUT2D eigenvalue weighted by atomic mass is 9.91. The number of para-hydroxylation sites is 1. The minimum absolute atomic E-state index is 0.0168. The summed E-state index contributed by atoms with van der Waals surface area (Å²) >= 11 is 1.14. The first kappa shape index (κ1) is 30.6. The van der Waals surface area contributed by atoms with Crippen molar-refractivity contribution < 1.29 is 39.1 Å². The number of hydrogen-bond donors (Lipinski definition) is 5. The number of hydrogen-bond acceptors (Lipinski definition) is 10. The highest BCUT2D eigenvalue weighted by molar-refractivity contribution is 7.99. The van der Waals surface area contributed by atoms with Crippen LogP contribution in [0.1, 0.15) is 56.3 Å². The van der Waals surface area contributed by atoms with Crippen LogP contribution in [0.5, 0.6) is 0 Å². The van der Waals surface area contributed by atoms with Crippen LogP contribution >= 0.6 is 11.8 Å². The largest absolute Gasteiger partial charge is 0.461 e. The molecule has 0 radical (unpaired) electrons. The Balaban J connectivity index is 1.60. The third-order valence-corrected chi connectivity index (χ3v) is 8.66. The lowest BCUT2D eigenvalue weighted by molar-refractivity contribution is -0.212. The Morgan fingerprint density at radius 2 is 1.92 bits per heavy atom. The first-order valence-electron chi connectivity index (χ1n) is 13.3. The number of rotatable bonds is 12. The minimum Gasteiger partial charge on any atom is -0.461 e. The molecule has 10 nitrogen and oxygen atoms in total. The van der Waals surface area contributed by atoms with Crippen LogP contribution in [0.4, 0.5) is 5.69 Å². The van der Waals surface area contributed by atoms with E-state index >= 15 is 0 Å². The van der Waals surface area contributed by atoms with E-state index in [0.29, 0.717) is 11.6 Å². The van der Waals surface area contributed by atoms with Crippen molar-refractivity contribution in [3.8, 4) is 0 Å². The summed E-state index contributed by atoms with van der Waals surface area (Å²) in [5.74, 6) is -0.00576. The molecule has 1 aromatic rings. The second-order valence-corrected chi connectivity index (χ2v) is 11.4. The Morgan fingerprint density at radius 1 is 1.18 bits per heavy atom. The van der Waals surface area contributed by atoms with Crippen molar-refractivity contribution in [2.45, 2.75) is 87.9 Å². The summed E-state index contributed by atoms with van der Waals surface area (Å²) in [6.45, 7) is 3.91. The van der Waals surface area contributed by atoms with Gasteiger partial charge in [0.05, 0.1) is 17.7 Å². The molecular formula is C27H42N2O8S. The number of esters is 1. The number of ether oxygens (including phenoxy) is 3. The molecule has 0 bridgehead atoms.